The lowest BCUT2D eigenvalue weighted by Crippen LogP contribution is -2.45. The van der Waals surface area contributed by atoms with E-state index in [9.17, 15) is 28.0 Å². The zero-order valence-electron chi connectivity index (χ0n) is 31.1. The van der Waals surface area contributed by atoms with Crippen LogP contribution in [0, 0.1) is 12.8 Å². The molecule has 1 unspecified atom stereocenters. The van der Waals surface area contributed by atoms with Crippen LogP contribution in [0.5, 0.6) is 0 Å². The van der Waals surface area contributed by atoms with Crippen molar-refractivity contribution in [3.05, 3.63) is 70.3 Å². The zero-order valence-corrected chi connectivity index (χ0v) is 31.1. The molecule has 15 nitrogen and oxygen atoms in total. The molecule has 6 heterocycles. The van der Waals surface area contributed by atoms with Crippen molar-refractivity contribution in [2.24, 2.45) is 13.0 Å². The number of piperidine rings is 2. The van der Waals surface area contributed by atoms with Crippen LogP contribution in [0.15, 0.2) is 47.8 Å². The molecular weight excluding hydrogens is 712 g/mol. The second-order valence-electron chi connectivity index (χ2n) is 15.3. The smallest absolute Gasteiger partial charge is 0.329 e. The van der Waals surface area contributed by atoms with Crippen LogP contribution in [0.3, 0.4) is 0 Å². The van der Waals surface area contributed by atoms with Crippen LogP contribution in [0.25, 0.3) is 16.7 Å². The number of fused-ring (bicyclic) bond motifs is 2. The summed E-state index contributed by atoms with van der Waals surface area (Å²) in [5, 5.41) is 13.4. The highest BCUT2D eigenvalue weighted by atomic mass is 19.3. The number of imidazole rings is 1. The SMILES string of the molecule is Cc1cnc2c(C(=O)Nc3cn([C@H]4CC[C@H](CN(C)C5CCN(c6cccc7c6n(C)c(=O)n7C6CCC(=O)NC6=O)CC5)CC4)nc3C(F)F)cnn2c1. The lowest BCUT2D eigenvalue weighted by Gasteiger charge is -2.40. The van der Waals surface area contributed by atoms with Gasteiger partial charge in [0.1, 0.15) is 11.6 Å². The molecule has 3 amide bonds. The number of carbonyl (C=O) groups excluding carboxylic acids is 3. The van der Waals surface area contributed by atoms with E-state index in [1.807, 2.05) is 25.1 Å². The number of alkyl halides is 2. The Kier molecular flexibility index (Phi) is 9.73. The summed E-state index contributed by atoms with van der Waals surface area (Å²) in [4.78, 5) is 60.1. The highest BCUT2D eigenvalue weighted by Gasteiger charge is 2.34. The fraction of sp³-hybridized carbons (Fsp3) is 0.500. The van der Waals surface area contributed by atoms with Gasteiger partial charge in [-0.05, 0) is 82.5 Å². The third-order valence-corrected chi connectivity index (χ3v) is 11.7. The number of amides is 3. The number of hydrogen-bond acceptors (Lipinski definition) is 9. The van der Waals surface area contributed by atoms with Gasteiger partial charge in [-0.25, -0.2) is 23.1 Å². The minimum atomic E-state index is -2.85. The maximum absolute atomic E-state index is 14.1. The third kappa shape index (κ3) is 6.89. The van der Waals surface area contributed by atoms with Crippen LogP contribution < -0.4 is 21.2 Å². The summed E-state index contributed by atoms with van der Waals surface area (Å²) in [6.07, 6.45) is 9.27. The Balaban J connectivity index is 0.867. The maximum atomic E-state index is 14.1. The fourth-order valence-electron chi connectivity index (χ4n) is 8.77. The molecule has 2 aliphatic heterocycles. The molecule has 1 aliphatic carbocycles. The summed E-state index contributed by atoms with van der Waals surface area (Å²) in [6, 6.07) is 5.43. The number of carbonyl (C=O) groups is 3. The van der Waals surface area contributed by atoms with Gasteiger partial charge in [-0.15, -0.1) is 0 Å². The average molecular weight is 758 g/mol. The van der Waals surface area contributed by atoms with Gasteiger partial charge in [0.05, 0.1) is 34.6 Å². The summed E-state index contributed by atoms with van der Waals surface area (Å²) < 4.78 is 34.4. The molecule has 4 aromatic heterocycles. The molecule has 0 bridgehead atoms. The number of benzene rings is 1. The van der Waals surface area contributed by atoms with Crippen LogP contribution in [0.2, 0.25) is 0 Å². The predicted octanol–water partition coefficient (Wildman–Crippen LogP) is 4.39. The number of imide groups is 1. The first-order valence-electron chi connectivity index (χ1n) is 18.9. The van der Waals surface area contributed by atoms with Crippen molar-refractivity contribution < 1.29 is 23.2 Å². The van der Waals surface area contributed by atoms with Crippen LogP contribution >= 0.6 is 0 Å². The van der Waals surface area contributed by atoms with E-state index in [0.717, 1.165) is 74.9 Å². The minimum absolute atomic E-state index is 0.00926. The predicted molar refractivity (Wildman–Crippen MR) is 200 cm³/mol. The first-order valence-corrected chi connectivity index (χ1v) is 18.9. The van der Waals surface area contributed by atoms with Gasteiger partial charge < -0.3 is 15.1 Å². The molecule has 0 radical (unpaired) electrons. The van der Waals surface area contributed by atoms with Crippen molar-refractivity contribution in [2.45, 2.75) is 82.8 Å². The molecule has 8 rings (SSSR count). The van der Waals surface area contributed by atoms with E-state index in [2.05, 4.69) is 42.7 Å². The summed E-state index contributed by atoms with van der Waals surface area (Å²) in [6.45, 7) is 4.43. The van der Waals surface area contributed by atoms with Gasteiger partial charge in [-0.1, -0.05) is 6.07 Å². The molecule has 1 aromatic carbocycles. The second kappa shape index (κ2) is 14.7. The van der Waals surface area contributed by atoms with Gasteiger partial charge in [0.15, 0.2) is 11.3 Å². The topological polar surface area (TPSA) is 157 Å². The third-order valence-electron chi connectivity index (χ3n) is 11.7. The summed E-state index contributed by atoms with van der Waals surface area (Å²) in [5.41, 5.74) is 3.10. The van der Waals surface area contributed by atoms with Crippen molar-refractivity contribution in [1.82, 2.24) is 43.7 Å². The number of aromatic nitrogens is 7. The van der Waals surface area contributed by atoms with Crippen molar-refractivity contribution >= 4 is 45.8 Å². The molecule has 3 aliphatic rings. The number of hydrogen-bond donors (Lipinski definition) is 2. The van der Waals surface area contributed by atoms with Gasteiger partial charge in [0, 0.05) is 57.7 Å². The van der Waals surface area contributed by atoms with Crippen LogP contribution in [0.4, 0.5) is 20.2 Å². The highest BCUT2D eigenvalue weighted by Crippen LogP contribution is 2.37. The Morgan fingerprint density at radius 3 is 2.53 bits per heavy atom. The Morgan fingerprint density at radius 1 is 1.04 bits per heavy atom. The molecule has 17 heteroatoms. The van der Waals surface area contributed by atoms with Crippen molar-refractivity contribution in [1.29, 1.82) is 0 Å². The molecular formula is C38H45F2N11O4. The number of nitrogens with one attached hydrogen (secondary N) is 2. The molecule has 290 valence electrons. The van der Waals surface area contributed by atoms with Crippen molar-refractivity contribution in [3.63, 3.8) is 0 Å². The summed E-state index contributed by atoms with van der Waals surface area (Å²) >= 11 is 0. The normalized spacial score (nSPS) is 21.3. The van der Waals surface area contributed by atoms with E-state index in [0.29, 0.717) is 29.5 Å². The Bertz CT molecular complexity index is 2330. The highest BCUT2D eigenvalue weighted by molar-refractivity contribution is 6.08. The quantitative estimate of drug-likeness (QED) is 0.208. The molecule has 0 spiro atoms. The van der Waals surface area contributed by atoms with Crippen LogP contribution in [-0.2, 0) is 16.6 Å². The number of anilines is 2. The van der Waals surface area contributed by atoms with E-state index < -0.39 is 30.0 Å². The van der Waals surface area contributed by atoms with E-state index in [1.165, 1.54) is 21.5 Å². The first kappa shape index (κ1) is 36.5. The molecule has 3 fully saturated rings. The number of aryl methyl sites for hydroxylation is 2. The molecule has 2 saturated heterocycles. The van der Waals surface area contributed by atoms with Gasteiger partial charge >= 0.3 is 5.69 Å². The Morgan fingerprint density at radius 2 is 1.80 bits per heavy atom. The van der Waals surface area contributed by atoms with Gasteiger partial charge in [-0.2, -0.15) is 10.2 Å². The van der Waals surface area contributed by atoms with E-state index in [4.69, 9.17) is 0 Å². The van der Waals surface area contributed by atoms with Gasteiger partial charge in [-0.3, -0.25) is 33.5 Å². The number of halogens is 2. The van der Waals surface area contributed by atoms with Crippen molar-refractivity contribution in [2.75, 3.05) is 36.9 Å². The van der Waals surface area contributed by atoms with E-state index in [-0.39, 0.29) is 35.3 Å². The summed E-state index contributed by atoms with van der Waals surface area (Å²) in [5.74, 6) is -0.870. The molecule has 1 atom stereocenters. The first-order chi connectivity index (χ1) is 26.5. The number of nitrogens with zero attached hydrogens (tertiary/aromatic N) is 9. The fourth-order valence-corrected chi connectivity index (χ4v) is 8.77. The van der Waals surface area contributed by atoms with Crippen LogP contribution in [-0.4, -0.2) is 88.9 Å². The lowest BCUT2D eigenvalue weighted by atomic mass is 9.85. The average Bonchev–Trinajstić information content (AvgIpc) is 3.86. The molecule has 5 aromatic rings. The Hall–Kier alpha value is -5.45. The molecule has 1 saturated carbocycles. The standard InChI is InChI=1S/C38H45F2N11O4/c1-22-17-41-35-26(18-42-50(35)19-22)36(53)43-27-21-49(45-32(27)34(39)40)25-9-7-23(8-10-25)20-46(2)24-13-15-48(16-14-24)28-5-4-6-29-33(28)47(3)38(55)51(29)30-11-12-31(52)44-37(30)54/h4-6,17-19,21,23-25,30,34H,7-16,20H2,1-3H3,(H,43,53)(H,44,52,54)/t23-,25-,30?. The van der Waals surface area contributed by atoms with Gasteiger partial charge in [0.25, 0.3) is 12.3 Å². The van der Waals surface area contributed by atoms with Gasteiger partial charge in [0.2, 0.25) is 11.8 Å². The van der Waals surface area contributed by atoms with E-state index in [1.54, 1.807) is 28.7 Å². The number of para-hydroxylation sites is 1. The zero-order chi connectivity index (χ0) is 38.5. The number of rotatable bonds is 9. The van der Waals surface area contributed by atoms with Crippen molar-refractivity contribution in [3.8, 4) is 0 Å². The summed E-state index contributed by atoms with van der Waals surface area (Å²) in [7, 11) is 3.91. The molecule has 55 heavy (non-hydrogen) atoms. The molecule has 2 N–H and O–H groups in total. The van der Waals surface area contributed by atoms with E-state index >= 15 is 0 Å². The second-order valence-corrected chi connectivity index (χ2v) is 15.3. The Labute approximate surface area is 315 Å². The largest absolute Gasteiger partial charge is 0.370 e. The lowest BCUT2D eigenvalue weighted by molar-refractivity contribution is -0.135. The minimum Gasteiger partial charge on any atom is -0.370 e. The monoisotopic (exact) mass is 757 g/mol. The maximum Gasteiger partial charge on any atom is 0.329 e. The van der Waals surface area contributed by atoms with Crippen LogP contribution in [0.1, 0.15) is 91.5 Å².